The highest BCUT2D eigenvalue weighted by Crippen LogP contribution is 2.31. The fourth-order valence-electron chi connectivity index (χ4n) is 3.43. The quantitative estimate of drug-likeness (QED) is 0.744. The molecular weight excluding hydrogens is 382 g/mol. The van der Waals surface area contributed by atoms with Crippen LogP contribution >= 0.6 is 11.6 Å². The van der Waals surface area contributed by atoms with Gasteiger partial charge >= 0.3 is 0 Å². The topological polar surface area (TPSA) is 84.7 Å². The van der Waals surface area contributed by atoms with Gasteiger partial charge in [-0.25, -0.2) is 0 Å². The second-order valence-corrected chi connectivity index (χ2v) is 7.74. The Bertz CT molecular complexity index is 834. The van der Waals surface area contributed by atoms with Gasteiger partial charge in [-0.05, 0) is 49.9 Å². The molecular formula is C20H24ClN3O4. The zero-order chi connectivity index (χ0) is 20.3. The first kappa shape index (κ1) is 20.2. The van der Waals surface area contributed by atoms with Crippen LogP contribution in [0.2, 0.25) is 5.02 Å². The van der Waals surface area contributed by atoms with E-state index in [-0.39, 0.29) is 17.7 Å². The first-order valence-electron chi connectivity index (χ1n) is 9.32. The van der Waals surface area contributed by atoms with Crippen molar-refractivity contribution in [2.45, 2.75) is 45.6 Å². The molecule has 1 aliphatic rings. The van der Waals surface area contributed by atoms with Crippen LogP contribution in [0.5, 0.6) is 5.75 Å². The van der Waals surface area contributed by atoms with E-state index in [0.717, 1.165) is 12.1 Å². The number of aryl methyl sites for hydroxylation is 1. The number of aromatic nitrogens is 1. The van der Waals surface area contributed by atoms with Gasteiger partial charge in [0.2, 0.25) is 5.91 Å². The van der Waals surface area contributed by atoms with E-state index in [9.17, 15) is 9.59 Å². The summed E-state index contributed by atoms with van der Waals surface area (Å²) in [5.41, 5.74) is 3.17. The minimum Gasteiger partial charge on any atom is -0.379 e. The summed E-state index contributed by atoms with van der Waals surface area (Å²) >= 11 is 5.84. The van der Waals surface area contributed by atoms with Gasteiger partial charge in [0.05, 0.1) is 5.69 Å². The van der Waals surface area contributed by atoms with E-state index in [1.54, 1.807) is 35.2 Å². The second-order valence-electron chi connectivity index (χ2n) is 7.30. The van der Waals surface area contributed by atoms with Crippen LogP contribution in [0.15, 0.2) is 34.9 Å². The van der Waals surface area contributed by atoms with Crippen LogP contribution in [0.25, 0.3) is 0 Å². The number of carbonyl (C=O) groups excluding carboxylic acids is 2. The molecule has 1 aromatic heterocycles. The first-order valence-corrected chi connectivity index (χ1v) is 9.70. The van der Waals surface area contributed by atoms with E-state index < -0.39 is 12.0 Å². The highest BCUT2D eigenvalue weighted by molar-refractivity contribution is 6.30. The maximum atomic E-state index is 13.2. The molecule has 7 nitrogen and oxygen atoms in total. The number of nitrogens with zero attached hydrogens (tertiary/aromatic N) is 2. The summed E-state index contributed by atoms with van der Waals surface area (Å²) in [6, 6.07) is 7.84. The predicted octanol–water partition coefficient (Wildman–Crippen LogP) is 3.48. The molecule has 28 heavy (non-hydrogen) atoms. The molecule has 1 aromatic carbocycles. The lowest BCUT2D eigenvalue weighted by molar-refractivity contribution is -0.143. The van der Waals surface area contributed by atoms with E-state index in [2.05, 4.69) is 10.6 Å². The predicted molar refractivity (Wildman–Crippen MR) is 104 cm³/mol. The molecule has 3 rings (SSSR count). The number of halogens is 1. The zero-order valence-corrected chi connectivity index (χ0v) is 16.9. The molecule has 1 N–H and O–H groups in total. The number of benzene rings is 1. The lowest BCUT2D eigenvalue weighted by atomic mass is 9.91. The minimum atomic E-state index is -0.579. The van der Waals surface area contributed by atoms with Gasteiger partial charge in [0.1, 0.15) is 17.7 Å². The number of carbonyl (C=O) groups is 2. The van der Waals surface area contributed by atoms with Crippen LogP contribution in [0, 0.1) is 12.8 Å². The van der Waals surface area contributed by atoms with Gasteiger partial charge in [-0.1, -0.05) is 30.6 Å². The lowest BCUT2D eigenvalue weighted by Crippen LogP contribution is -2.48. The summed E-state index contributed by atoms with van der Waals surface area (Å²) in [5, 5.41) is 4.48. The van der Waals surface area contributed by atoms with E-state index >= 15 is 0 Å². The molecule has 2 unspecified atom stereocenters. The van der Waals surface area contributed by atoms with E-state index in [1.807, 2.05) is 20.8 Å². The van der Waals surface area contributed by atoms with Crippen molar-refractivity contribution in [1.29, 1.82) is 0 Å². The lowest BCUT2D eigenvalue weighted by Gasteiger charge is -2.28. The summed E-state index contributed by atoms with van der Waals surface area (Å²) in [4.78, 5) is 32.8. The number of hydrogen-bond acceptors (Lipinski definition) is 5. The third-order valence-electron chi connectivity index (χ3n) is 4.81. The molecule has 1 saturated heterocycles. The number of nitrogens with one attached hydrogen (secondary N) is 1. The number of rotatable bonds is 6. The van der Waals surface area contributed by atoms with Crippen molar-refractivity contribution in [3.05, 3.63) is 46.8 Å². The molecule has 0 bridgehead atoms. The average Bonchev–Trinajstić information content (AvgIpc) is 3.30. The van der Waals surface area contributed by atoms with Gasteiger partial charge in [-0.15, -0.1) is 0 Å². The Balaban J connectivity index is 1.69. The van der Waals surface area contributed by atoms with Crippen LogP contribution in [0.1, 0.15) is 44.1 Å². The highest BCUT2D eigenvalue weighted by Gasteiger charge is 2.40. The van der Waals surface area contributed by atoms with Gasteiger partial charge in [0.15, 0.2) is 5.75 Å². The maximum Gasteiger partial charge on any atom is 0.275 e. The molecule has 2 heterocycles. The van der Waals surface area contributed by atoms with E-state index in [4.69, 9.17) is 21.0 Å². The number of amides is 2. The van der Waals surface area contributed by atoms with Crippen LogP contribution in [0.4, 0.5) is 0 Å². The number of likely N-dealkylation sites (tertiary alicyclic amines) is 1. The van der Waals surface area contributed by atoms with Crippen molar-refractivity contribution in [1.82, 2.24) is 15.5 Å². The summed E-state index contributed by atoms with van der Waals surface area (Å²) < 4.78 is 5.35. The largest absolute Gasteiger partial charge is 0.379 e. The molecule has 0 radical (unpaired) electrons. The van der Waals surface area contributed by atoms with Crippen LogP contribution in [-0.2, 0) is 9.59 Å². The van der Waals surface area contributed by atoms with Gasteiger partial charge in [-0.2, -0.15) is 5.48 Å². The molecule has 1 aliphatic heterocycles. The molecule has 150 valence electrons. The zero-order valence-electron chi connectivity index (χ0n) is 16.1. The number of hydroxylamine groups is 1. The Hall–Kier alpha value is -2.54. The van der Waals surface area contributed by atoms with Gasteiger partial charge < -0.3 is 14.3 Å². The van der Waals surface area contributed by atoms with Crippen molar-refractivity contribution in [2.24, 2.45) is 5.92 Å². The molecule has 0 saturated carbocycles. The monoisotopic (exact) mass is 405 g/mol. The molecule has 8 heteroatoms. The summed E-state index contributed by atoms with van der Waals surface area (Å²) in [7, 11) is 0. The van der Waals surface area contributed by atoms with Crippen molar-refractivity contribution in [3.63, 3.8) is 0 Å². The van der Waals surface area contributed by atoms with Crippen LogP contribution in [-0.4, -0.2) is 34.5 Å². The summed E-state index contributed by atoms with van der Waals surface area (Å²) in [5.74, 6) is 0.0420. The Morgan fingerprint density at radius 3 is 2.64 bits per heavy atom. The van der Waals surface area contributed by atoms with E-state index in [0.29, 0.717) is 29.5 Å². The fourth-order valence-corrected chi connectivity index (χ4v) is 3.55. The summed E-state index contributed by atoms with van der Waals surface area (Å²) in [6.07, 6.45) is 1.34. The Morgan fingerprint density at radius 2 is 2.04 bits per heavy atom. The number of hydrogen-bond donors (Lipinski definition) is 1. The molecule has 1 fully saturated rings. The smallest absolute Gasteiger partial charge is 0.275 e. The average molecular weight is 406 g/mol. The molecule has 2 aromatic rings. The molecule has 2 amide bonds. The van der Waals surface area contributed by atoms with Gasteiger partial charge in [-0.3, -0.25) is 9.59 Å². The standard InChI is InChI=1S/C20H24ClN3O4/c1-12(2)18(17-11-13(3)22-28-17)20(26)24-10-4-5-16(24)19(25)23-27-15-8-6-14(21)7-9-15/h6-9,11-12,16,18H,4-5,10H2,1-3H3,(H,23,25). The molecule has 0 spiro atoms. The highest BCUT2D eigenvalue weighted by atomic mass is 35.5. The Kier molecular flexibility index (Phi) is 6.24. The second kappa shape index (κ2) is 8.65. The van der Waals surface area contributed by atoms with Crippen LogP contribution < -0.4 is 10.3 Å². The van der Waals surface area contributed by atoms with Crippen molar-refractivity contribution < 1.29 is 18.9 Å². The summed E-state index contributed by atoms with van der Waals surface area (Å²) in [6.45, 7) is 6.24. The van der Waals surface area contributed by atoms with Gasteiger partial charge in [0.25, 0.3) is 5.91 Å². The molecule has 2 atom stereocenters. The molecule has 0 aliphatic carbocycles. The van der Waals surface area contributed by atoms with Crippen molar-refractivity contribution >= 4 is 23.4 Å². The third kappa shape index (κ3) is 4.47. The van der Waals surface area contributed by atoms with E-state index in [1.165, 1.54) is 0 Å². The SMILES string of the molecule is Cc1cc(C(C(=O)N2CCCC2C(=O)NOc2ccc(Cl)cc2)C(C)C)on1. The first-order chi connectivity index (χ1) is 13.4. The Labute approximate surface area is 168 Å². The van der Waals surface area contributed by atoms with Crippen molar-refractivity contribution in [3.8, 4) is 5.75 Å². The minimum absolute atomic E-state index is 0.00878. The van der Waals surface area contributed by atoms with Gasteiger partial charge in [0, 0.05) is 17.6 Å². The maximum absolute atomic E-state index is 13.2. The van der Waals surface area contributed by atoms with Crippen LogP contribution in [0.3, 0.4) is 0 Å². The van der Waals surface area contributed by atoms with Crippen molar-refractivity contribution in [2.75, 3.05) is 6.54 Å². The normalized spacial score (nSPS) is 17.6. The Morgan fingerprint density at radius 1 is 1.32 bits per heavy atom. The third-order valence-corrected chi connectivity index (χ3v) is 5.06. The fraction of sp³-hybridized carbons (Fsp3) is 0.450.